The summed E-state index contributed by atoms with van der Waals surface area (Å²) in [7, 11) is 1.70. The van der Waals surface area contributed by atoms with Gasteiger partial charge in [0.1, 0.15) is 0 Å². The molecule has 0 spiro atoms. The molecule has 0 saturated carbocycles. The van der Waals surface area contributed by atoms with Crippen molar-refractivity contribution in [1.82, 2.24) is 5.32 Å². The quantitative estimate of drug-likeness (QED) is 0.523. The molecule has 0 aromatic heterocycles. The van der Waals surface area contributed by atoms with Crippen LogP contribution >= 0.6 is 0 Å². The molecule has 3 heteroatoms. The first kappa shape index (κ1) is 6.99. The summed E-state index contributed by atoms with van der Waals surface area (Å²) < 4.78 is 5.07. The van der Waals surface area contributed by atoms with Crippen LogP contribution in [0.15, 0.2) is 0 Å². The van der Waals surface area contributed by atoms with E-state index in [4.69, 9.17) is 9.84 Å². The lowest BCUT2D eigenvalue weighted by Crippen LogP contribution is -2.24. The van der Waals surface area contributed by atoms with E-state index in [1.807, 2.05) is 0 Å². The number of aliphatic hydroxyl groups excluding tert-OH is 1. The van der Waals surface area contributed by atoms with Crippen molar-refractivity contribution in [2.45, 2.75) is 18.6 Å². The molecule has 0 unspecified atom stereocenters. The van der Waals surface area contributed by atoms with Crippen molar-refractivity contribution < 1.29 is 9.84 Å². The molecule has 0 aliphatic carbocycles. The van der Waals surface area contributed by atoms with Gasteiger partial charge >= 0.3 is 0 Å². The lowest BCUT2D eigenvalue weighted by atomic mass is 10.2. The molecule has 0 amide bonds. The molecule has 0 bridgehead atoms. The average molecular weight is 131 g/mol. The third-order valence-electron chi connectivity index (χ3n) is 1.74. The Bertz CT molecular complexity index is 77.1. The first-order valence-corrected chi connectivity index (χ1v) is 3.24. The molecule has 1 rings (SSSR count). The molecule has 0 radical (unpaired) electrons. The lowest BCUT2D eigenvalue weighted by Gasteiger charge is -2.04. The second-order valence-corrected chi connectivity index (χ2v) is 2.38. The van der Waals surface area contributed by atoms with E-state index in [1.54, 1.807) is 7.11 Å². The van der Waals surface area contributed by atoms with Crippen LogP contribution in [-0.4, -0.2) is 37.5 Å². The number of ether oxygens (including phenoxy) is 1. The molecule has 2 atom stereocenters. The molecule has 0 aromatic carbocycles. The molecule has 1 heterocycles. The highest BCUT2D eigenvalue weighted by Gasteiger charge is 2.22. The van der Waals surface area contributed by atoms with Crippen LogP contribution < -0.4 is 5.32 Å². The van der Waals surface area contributed by atoms with Crippen LogP contribution in [0.3, 0.4) is 0 Å². The first-order chi connectivity index (χ1) is 4.36. The molecule has 1 saturated heterocycles. The van der Waals surface area contributed by atoms with Gasteiger partial charge in [0.25, 0.3) is 0 Å². The minimum Gasteiger partial charge on any atom is -0.395 e. The molecule has 1 aliphatic heterocycles. The number of nitrogens with one attached hydrogen (secondary N) is 1. The third kappa shape index (κ3) is 1.64. The van der Waals surface area contributed by atoms with Crippen molar-refractivity contribution in [1.29, 1.82) is 0 Å². The summed E-state index contributed by atoms with van der Waals surface area (Å²) in [5.41, 5.74) is 0. The maximum absolute atomic E-state index is 8.66. The van der Waals surface area contributed by atoms with Gasteiger partial charge in [0.2, 0.25) is 0 Å². The van der Waals surface area contributed by atoms with Gasteiger partial charge in [0, 0.05) is 19.7 Å². The standard InChI is InChI=1S/C6H13NO2/c1-9-6-2-5(4-8)7-3-6/h5-8H,2-4H2,1H3/t5-,6+/m0/s1. The maximum Gasteiger partial charge on any atom is 0.0711 e. The van der Waals surface area contributed by atoms with Crippen LogP contribution in [0, 0.1) is 0 Å². The zero-order valence-corrected chi connectivity index (χ0v) is 5.63. The predicted octanol–water partition coefficient (Wildman–Crippen LogP) is -0.644. The SMILES string of the molecule is CO[C@H]1CN[C@H](CO)C1. The Morgan fingerprint density at radius 3 is 2.89 bits per heavy atom. The molecular weight excluding hydrogens is 118 g/mol. The van der Waals surface area contributed by atoms with Crippen LogP contribution in [0.2, 0.25) is 0 Å². The van der Waals surface area contributed by atoms with E-state index in [9.17, 15) is 0 Å². The van der Waals surface area contributed by atoms with Crippen LogP contribution in [0.25, 0.3) is 0 Å². The van der Waals surface area contributed by atoms with Crippen molar-refractivity contribution in [3.8, 4) is 0 Å². The van der Waals surface area contributed by atoms with E-state index >= 15 is 0 Å². The van der Waals surface area contributed by atoms with E-state index in [1.165, 1.54) is 0 Å². The molecule has 2 N–H and O–H groups in total. The minimum atomic E-state index is 0.222. The summed E-state index contributed by atoms with van der Waals surface area (Å²) in [6.07, 6.45) is 1.25. The number of aliphatic hydroxyl groups is 1. The highest BCUT2D eigenvalue weighted by atomic mass is 16.5. The minimum absolute atomic E-state index is 0.222. The van der Waals surface area contributed by atoms with Crippen molar-refractivity contribution in [3.63, 3.8) is 0 Å². The van der Waals surface area contributed by atoms with E-state index in [2.05, 4.69) is 5.32 Å². The first-order valence-electron chi connectivity index (χ1n) is 3.24. The Hall–Kier alpha value is -0.120. The number of hydrogen-bond donors (Lipinski definition) is 2. The summed E-state index contributed by atoms with van der Waals surface area (Å²) in [6.45, 7) is 1.10. The van der Waals surface area contributed by atoms with Crippen LogP contribution in [-0.2, 0) is 4.74 Å². The average Bonchev–Trinajstić information content (AvgIpc) is 2.34. The summed E-state index contributed by atoms with van der Waals surface area (Å²) >= 11 is 0. The summed E-state index contributed by atoms with van der Waals surface area (Å²) in [5.74, 6) is 0. The van der Waals surface area contributed by atoms with Crippen LogP contribution in [0.5, 0.6) is 0 Å². The van der Waals surface area contributed by atoms with Crippen molar-refractivity contribution in [2.24, 2.45) is 0 Å². The zero-order chi connectivity index (χ0) is 6.69. The largest absolute Gasteiger partial charge is 0.395 e. The highest BCUT2D eigenvalue weighted by Crippen LogP contribution is 2.07. The smallest absolute Gasteiger partial charge is 0.0711 e. The molecule has 3 nitrogen and oxygen atoms in total. The predicted molar refractivity (Wildman–Crippen MR) is 34.3 cm³/mol. The molecular formula is C6H13NO2. The van der Waals surface area contributed by atoms with Gasteiger partial charge in [-0.2, -0.15) is 0 Å². The summed E-state index contributed by atoms with van der Waals surface area (Å²) in [4.78, 5) is 0. The number of rotatable bonds is 2. The maximum atomic E-state index is 8.66. The molecule has 9 heavy (non-hydrogen) atoms. The van der Waals surface area contributed by atoms with Gasteiger partial charge in [0.05, 0.1) is 12.7 Å². The van der Waals surface area contributed by atoms with Gasteiger partial charge in [-0.1, -0.05) is 0 Å². The highest BCUT2D eigenvalue weighted by molar-refractivity contribution is 4.80. The zero-order valence-electron chi connectivity index (χ0n) is 5.63. The van der Waals surface area contributed by atoms with Gasteiger partial charge in [-0.25, -0.2) is 0 Å². The van der Waals surface area contributed by atoms with Gasteiger partial charge in [0.15, 0.2) is 0 Å². The fourth-order valence-electron chi connectivity index (χ4n) is 1.10. The lowest BCUT2D eigenvalue weighted by molar-refractivity contribution is 0.114. The Kier molecular flexibility index (Phi) is 2.45. The van der Waals surface area contributed by atoms with Gasteiger partial charge < -0.3 is 15.2 Å². The third-order valence-corrected chi connectivity index (χ3v) is 1.74. The van der Waals surface area contributed by atoms with E-state index in [-0.39, 0.29) is 12.6 Å². The Labute approximate surface area is 55.0 Å². The van der Waals surface area contributed by atoms with Crippen LogP contribution in [0.1, 0.15) is 6.42 Å². The fourth-order valence-corrected chi connectivity index (χ4v) is 1.10. The van der Waals surface area contributed by atoms with Crippen LogP contribution in [0.4, 0.5) is 0 Å². The monoisotopic (exact) mass is 131 g/mol. The Balaban J connectivity index is 2.20. The summed E-state index contributed by atoms with van der Waals surface area (Å²) in [6, 6.07) is 0.259. The molecule has 1 aliphatic rings. The summed E-state index contributed by atoms with van der Waals surface area (Å²) in [5, 5.41) is 11.8. The normalized spacial score (nSPS) is 35.3. The number of hydrogen-bond acceptors (Lipinski definition) is 3. The molecule has 54 valence electrons. The second-order valence-electron chi connectivity index (χ2n) is 2.38. The van der Waals surface area contributed by atoms with Crippen molar-refractivity contribution in [3.05, 3.63) is 0 Å². The van der Waals surface area contributed by atoms with E-state index in [0.29, 0.717) is 6.10 Å². The van der Waals surface area contributed by atoms with Gasteiger partial charge in [-0.05, 0) is 6.42 Å². The topological polar surface area (TPSA) is 41.5 Å². The Morgan fingerprint density at radius 1 is 1.78 bits per heavy atom. The van der Waals surface area contributed by atoms with Gasteiger partial charge in [-0.3, -0.25) is 0 Å². The van der Waals surface area contributed by atoms with Gasteiger partial charge in [-0.15, -0.1) is 0 Å². The van der Waals surface area contributed by atoms with Crippen molar-refractivity contribution >= 4 is 0 Å². The fraction of sp³-hybridized carbons (Fsp3) is 1.00. The van der Waals surface area contributed by atoms with Crippen molar-refractivity contribution in [2.75, 3.05) is 20.3 Å². The number of methoxy groups -OCH3 is 1. The van der Waals surface area contributed by atoms with E-state index in [0.717, 1.165) is 13.0 Å². The molecule has 0 aromatic rings. The second kappa shape index (κ2) is 3.15. The molecule has 1 fully saturated rings. The van der Waals surface area contributed by atoms with E-state index < -0.39 is 0 Å². The Morgan fingerprint density at radius 2 is 2.56 bits per heavy atom.